The molecule has 0 aliphatic carbocycles. The van der Waals surface area contributed by atoms with E-state index in [1.54, 1.807) is 6.92 Å². The molecule has 0 N–H and O–H groups in total. The highest BCUT2D eigenvalue weighted by molar-refractivity contribution is 6.35. The van der Waals surface area contributed by atoms with Crippen LogP contribution in [0.3, 0.4) is 0 Å². The molecule has 1 amide bonds. The van der Waals surface area contributed by atoms with E-state index in [1.807, 2.05) is 4.90 Å². The Balaban J connectivity index is 1.71. The molecular formula is C15H20BNO2. The van der Waals surface area contributed by atoms with E-state index < -0.39 is 0 Å². The van der Waals surface area contributed by atoms with Gasteiger partial charge in [0.15, 0.2) is 0 Å². The molecule has 19 heavy (non-hydrogen) atoms. The summed E-state index contributed by atoms with van der Waals surface area (Å²) in [5, 5.41) is 0. The molecule has 100 valence electrons. The zero-order valence-electron chi connectivity index (χ0n) is 11.7. The lowest BCUT2D eigenvalue weighted by molar-refractivity contribution is -0.137. The van der Waals surface area contributed by atoms with Crippen LogP contribution in [-0.2, 0) is 17.5 Å². The van der Waals surface area contributed by atoms with Gasteiger partial charge in [-0.15, -0.1) is 0 Å². The SMILES string of the molecule is CC(=O)N1CC(Oc2ccc3c(c2C)CBCC3)C1. The highest BCUT2D eigenvalue weighted by atomic mass is 16.5. The molecule has 0 aromatic heterocycles. The molecule has 0 spiro atoms. The van der Waals surface area contributed by atoms with E-state index >= 15 is 0 Å². The molecule has 1 aromatic carbocycles. The first-order valence-electron chi connectivity index (χ1n) is 7.18. The fourth-order valence-electron chi connectivity index (χ4n) is 3.07. The fraction of sp³-hybridized carbons (Fsp3) is 0.533. The molecule has 2 aliphatic heterocycles. The number of likely N-dealkylation sites (tertiary alicyclic amines) is 1. The predicted octanol–water partition coefficient (Wildman–Crippen LogP) is 1.52. The number of hydrogen-bond donors (Lipinski definition) is 0. The van der Waals surface area contributed by atoms with Crippen LogP contribution < -0.4 is 4.74 Å². The van der Waals surface area contributed by atoms with Gasteiger partial charge in [0.2, 0.25) is 5.91 Å². The molecule has 0 radical (unpaired) electrons. The standard InChI is InChI=1S/C15H20BNO2/c1-10-14-7-16-6-5-12(14)3-4-15(10)19-13-8-17(9-13)11(2)18/h3-4,13,16H,5-9H2,1-2H3. The molecular weight excluding hydrogens is 237 g/mol. The molecule has 3 nitrogen and oxygen atoms in total. The number of carbonyl (C=O) groups excluding carboxylic acids is 1. The largest absolute Gasteiger partial charge is 0.486 e. The van der Waals surface area contributed by atoms with Crippen LogP contribution >= 0.6 is 0 Å². The third-order valence-electron chi connectivity index (χ3n) is 4.36. The molecule has 1 saturated heterocycles. The topological polar surface area (TPSA) is 29.5 Å². The van der Waals surface area contributed by atoms with Crippen LogP contribution in [0.25, 0.3) is 0 Å². The van der Waals surface area contributed by atoms with Gasteiger partial charge in [0.05, 0.1) is 13.1 Å². The lowest BCUT2D eigenvalue weighted by atomic mass is 9.61. The van der Waals surface area contributed by atoms with E-state index in [0.29, 0.717) is 0 Å². The van der Waals surface area contributed by atoms with Gasteiger partial charge in [0.1, 0.15) is 19.1 Å². The fourth-order valence-corrected chi connectivity index (χ4v) is 3.07. The zero-order chi connectivity index (χ0) is 13.4. The summed E-state index contributed by atoms with van der Waals surface area (Å²) in [5.74, 6) is 1.15. The average Bonchev–Trinajstić information content (AvgIpc) is 2.35. The van der Waals surface area contributed by atoms with E-state index in [9.17, 15) is 4.79 Å². The van der Waals surface area contributed by atoms with Crippen molar-refractivity contribution in [3.63, 3.8) is 0 Å². The number of amides is 1. The number of aryl methyl sites for hydroxylation is 1. The monoisotopic (exact) mass is 257 g/mol. The van der Waals surface area contributed by atoms with Gasteiger partial charge in [-0.1, -0.05) is 18.7 Å². The van der Waals surface area contributed by atoms with Gasteiger partial charge in [0, 0.05) is 6.92 Å². The van der Waals surface area contributed by atoms with Gasteiger partial charge in [-0.25, -0.2) is 0 Å². The molecule has 2 heterocycles. The summed E-state index contributed by atoms with van der Waals surface area (Å²) in [4.78, 5) is 13.0. The third-order valence-corrected chi connectivity index (χ3v) is 4.36. The molecule has 0 saturated carbocycles. The Morgan fingerprint density at radius 3 is 2.95 bits per heavy atom. The maximum Gasteiger partial charge on any atom is 0.219 e. The van der Waals surface area contributed by atoms with Gasteiger partial charge in [-0.05, 0) is 36.1 Å². The minimum absolute atomic E-state index is 0.141. The maximum absolute atomic E-state index is 11.2. The third kappa shape index (κ3) is 2.36. The van der Waals surface area contributed by atoms with Crippen LogP contribution in [0.1, 0.15) is 23.6 Å². The molecule has 2 aliphatic rings. The maximum atomic E-state index is 11.2. The minimum Gasteiger partial charge on any atom is -0.486 e. The molecule has 0 bridgehead atoms. The summed E-state index contributed by atoms with van der Waals surface area (Å²) in [5.41, 5.74) is 4.29. The first-order valence-corrected chi connectivity index (χ1v) is 7.18. The first kappa shape index (κ1) is 12.6. The quantitative estimate of drug-likeness (QED) is 0.752. The zero-order valence-corrected chi connectivity index (χ0v) is 11.7. The second kappa shape index (κ2) is 4.91. The lowest BCUT2D eigenvalue weighted by Gasteiger charge is -2.38. The van der Waals surface area contributed by atoms with Gasteiger partial charge >= 0.3 is 0 Å². The Morgan fingerprint density at radius 1 is 1.42 bits per heavy atom. The summed E-state index contributed by atoms with van der Waals surface area (Å²) in [6.45, 7) is 5.24. The van der Waals surface area contributed by atoms with E-state index in [2.05, 4.69) is 19.1 Å². The van der Waals surface area contributed by atoms with Crippen molar-refractivity contribution in [2.75, 3.05) is 13.1 Å². The molecule has 3 rings (SSSR count). The smallest absolute Gasteiger partial charge is 0.219 e. The second-order valence-electron chi connectivity index (χ2n) is 5.70. The summed E-state index contributed by atoms with van der Waals surface area (Å²) < 4.78 is 6.03. The number of rotatable bonds is 2. The number of nitrogens with zero attached hydrogens (tertiary/aromatic N) is 1. The predicted molar refractivity (Wildman–Crippen MR) is 77.2 cm³/mol. The van der Waals surface area contributed by atoms with Crippen molar-refractivity contribution >= 4 is 13.2 Å². The Labute approximate surface area is 115 Å². The van der Waals surface area contributed by atoms with Gasteiger partial charge in [-0.2, -0.15) is 0 Å². The van der Waals surface area contributed by atoms with Crippen molar-refractivity contribution in [1.82, 2.24) is 4.90 Å². The van der Waals surface area contributed by atoms with Crippen LogP contribution in [0, 0.1) is 6.92 Å². The normalized spacial score (nSPS) is 18.3. The Bertz CT molecular complexity index is 509. The second-order valence-corrected chi connectivity index (χ2v) is 5.70. The Hall–Kier alpha value is -1.45. The molecule has 0 atom stereocenters. The van der Waals surface area contributed by atoms with Gasteiger partial charge in [-0.3, -0.25) is 4.79 Å². The van der Waals surface area contributed by atoms with Crippen LogP contribution in [-0.4, -0.2) is 37.3 Å². The summed E-state index contributed by atoms with van der Waals surface area (Å²) in [6.07, 6.45) is 3.87. The van der Waals surface area contributed by atoms with Crippen molar-refractivity contribution in [1.29, 1.82) is 0 Å². The lowest BCUT2D eigenvalue weighted by Crippen LogP contribution is -2.55. The number of hydrogen-bond acceptors (Lipinski definition) is 2. The highest BCUT2D eigenvalue weighted by Gasteiger charge is 2.30. The highest BCUT2D eigenvalue weighted by Crippen LogP contribution is 2.30. The molecule has 4 heteroatoms. The van der Waals surface area contributed by atoms with E-state index in [0.717, 1.165) is 18.8 Å². The van der Waals surface area contributed by atoms with E-state index in [1.165, 1.54) is 43.0 Å². The van der Waals surface area contributed by atoms with E-state index in [-0.39, 0.29) is 12.0 Å². The van der Waals surface area contributed by atoms with Gasteiger partial charge < -0.3 is 9.64 Å². The Morgan fingerprint density at radius 2 is 2.21 bits per heavy atom. The van der Waals surface area contributed by atoms with Crippen molar-refractivity contribution in [2.45, 2.75) is 39.0 Å². The van der Waals surface area contributed by atoms with Crippen molar-refractivity contribution in [3.05, 3.63) is 28.8 Å². The van der Waals surface area contributed by atoms with Crippen LogP contribution in [0.4, 0.5) is 0 Å². The molecule has 1 aromatic rings. The number of benzene rings is 1. The van der Waals surface area contributed by atoms with Crippen molar-refractivity contribution in [2.24, 2.45) is 0 Å². The van der Waals surface area contributed by atoms with Crippen molar-refractivity contribution < 1.29 is 9.53 Å². The van der Waals surface area contributed by atoms with Crippen LogP contribution in [0.5, 0.6) is 5.75 Å². The average molecular weight is 257 g/mol. The summed E-state index contributed by atoms with van der Waals surface area (Å²) in [6, 6.07) is 4.33. The van der Waals surface area contributed by atoms with Crippen LogP contribution in [0.2, 0.25) is 6.32 Å². The van der Waals surface area contributed by atoms with Crippen molar-refractivity contribution in [3.8, 4) is 5.75 Å². The first-order chi connectivity index (χ1) is 9.15. The number of fused-ring (bicyclic) bond motifs is 1. The van der Waals surface area contributed by atoms with Gasteiger partial charge in [0.25, 0.3) is 0 Å². The summed E-state index contributed by atoms with van der Waals surface area (Å²) in [7, 11) is 1.29. The number of carbonyl (C=O) groups is 1. The Kier molecular flexibility index (Phi) is 3.25. The molecule has 1 fully saturated rings. The number of ether oxygens (including phenoxy) is 1. The van der Waals surface area contributed by atoms with Crippen LogP contribution in [0.15, 0.2) is 12.1 Å². The minimum atomic E-state index is 0.141. The molecule has 0 unspecified atom stereocenters. The van der Waals surface area contributed by atoms with E-state index in [4.69, 9.17) is 4.74 Å². The summed E-state index contributed by atoms with van der Waals surface area (Å²) >= 11 is 0.